The van der Waals surface area contributed by atoms with Crippen LogP contribution in [0.3, 0.4) is 0 Å². The van der Waals surface area contributed by atoms with Gasteiger partial charge in [-0.05, 0) is 43.5 Å². The molecule has 4 nitrogen and oxygen atoms in total. The summed E-state index contributed by atoms with van der Waals surface area (Å²) in [5.41, 5.74) is 6.39. The van der Waals surface area contributed by atoms with Crippen LogP contribution in [0.25, 0.3) is 11.5 Å². The Bertz CT molecular complexity index is 467. The number of nitrogens with zero attached hydrogens (tertiary/aromatic N) is 2. The lowest BCUT2D eigenvalue weighted by Gasteiger charge is -1.97. The molecular formula is C12H15N3OS. The second kappa shape index (κ2) is 5.84. The van der Waals surface area contributed by atoms with Gasteiger partial charge in [-0.3, -0.25) is 0 Å². The van der Waals surface area contributed by atoms with Gasteiger partial charge in [0.15, 0.2) is 0 Å². The van der Waals surface area contributed by atoms with Gasteiger partial charge in [0, 0.05) is 16.9 Å². The zero-order valence-electron chi connectivity index (χ0n) is 9.72. The Morgan fingerprint density at radius 3 is 2.65 bits per heavy atom. The smallest absolute Gasteiger partial charge is 0.247 e. The molecule has 1 aromatic heterocycles. The summed E-state index contributed by atoms with van der Waals surface area (Å²) in [4.78, 5) is 1.22. The highest BCUT2D eigenvalue weighted by atomic mass is 32.2. The molecule has 0 atom stereocenters. The molecule has 2 N–H and O–H groups in total. The highest BCUT2D eigenvalue weighted by molar-refractivity contribution is 7.98. The summed E-state index contributed by atoms with van der Waals surface area (Å²) >= 11 is 1.71. The fourth-order valence-corrected chi connectivity index (χ4v) is 1.87. The Morgan fingerprint density at radius 2 is 2.00 bits per heavy atom. The van der Waals surface area contributed by atoms with Crippen molar-refractivity contribution in [1.29, 1.82) is 0 Å². The lowest BCUT2D eigenvalue weighted by molar-refractivity contribution is 0.499. The summed E-state index contributed by atoms with van der Waals surface area (Å²) in [7, 11) is 0. The molecule has 0 aliphatic heterocycles. The summed E-state index contributed by atoms with van der Waals surface area (Å²) in [6.07, 6.45) is 3.66. The molecule has 0 aliphatic carbocycles. The number of hydrogen-bond donors (Lipinski definition) is 1. The van der Waals surface area contributed by atoms with Gasteiger partial charge in [0.05, 0.1) is 0 Å². The van der Waals surface area contributed by atoms with Gasteiger partial charge in [-0.25, -0.2) is 0 Å². The van der Waals surface area contributed by atoms with E-state index in [-0.39, 0.29) is 0 Å². The monoisotopic (exact) mass is 249 g/mol. The minimum absolute atomic E-state index is 0.574. The fraction of sp³-hybridized carbons (Fsp3) is 0.333. The van der Waals surface area contributed by atoms with Crippen molar-refractivity contribution in [1.82, 2.24) is 10.2 Å². The van der Waals surface area contributed by atoms with Gasteiger partial charge in [-0.2, -0.15) is 0 Å². The normalized spacial score (nSPS) is 10.7. The minimum atomic E-state index is 0.574. The van der Waals surface area contributed by atoms with Gasteiger partial charge in [-0.1, -0.05) is 0 Å². The zero-order chi connectivity index (χ0) is 12.1. The van der Waals surface area contributed by atoms with Crippen LogP contribution in [-0.2, 0) is 6.42 Å². The molecule has 0 amide bonds. The number of thioether (sulfide) groups is 1. The summed E-state index contributed by atoms with van der Waals surface area (Å²) in [6, 6.07) is 8.08. The number of aryl methyl sites for hydroxylation is 1. The van der Waals surface area contributed by atoms with Crippen molar-refractivity contribution in [3.63, 3.8) is 0 Å². The lowest BCUT2D eigenvalue weighted by Crippen LogP contribution is -2.00. The van der Waals surface area contributed by atoms with Crippen LogP contribution < -0.4 is 5.73 Å². The van der Waals surface area contributed by atoms with E-state index in [1.54, 1.807) is 11.8 Å². The molecule has 5 heteroatoms. The molecule has 90 valence electrons. The Morgan fingerprint density at radius 1 is 1.24 bits per heavy atom. The van der Waals surface area contributed by atoms with E-state index in [1.807, 2.05) is 30.5 Å². The zero-order valence-corrected chi connectivity index (χ0v) is 10.5. The maximum Gasteiger partial charge on any atom is 0.247 e. The molecular weight excluding hydrogens is 234 g/mol. The first-order valence-electron chi connectivity index (χ1n) is 5.50. The Hall–Kier alpha value is -1.33. The Labute approximate surface area is 105 Å². The second-order valence-corrected chi connectivity index (χ2v) is 4.50. The first-order valence-corrected chi connectivity index (χ1v) is 6.73. The fourth-order valence-electron chi connectivity index (χ4n) is 1.46. The summed E-state index contributed by atoms with van der Waals surface area (Å²) in [5, 5.41) is 8.03. The predicted octanol–water partition coefficient (Wildman–Crippen LogP) is 2.35. The Balaban J connectivity index is 2.12. The van der Waals surface area contributed by atoms with E-state index in [0.717, 1.165) is 18.4 Å². The topological polar surface area (TPSA) is 64.9 Å². The van der Waals surface area contributed by atoms with E-state index in [1.165, 1.54) is 4.90 Å². The van der Waals surface area contributed by atoms with Gasteiger partial charge in [-0.15, -0.1) is 22.0 Å². The highest BCUT2D eigenvalue weighted by Gasteiger charge is 2.07. The first kappa shape index (κ1) is 12.1. The molecule has 0 radical (unpaired) electrons. The molecule has 1 heterocycles. The van der Waals surface area contributed by atoms with Crippen molar-refractivity contribution in [3.05, 3.63) is 30.2 Å². The maximum atomic E-state index is 5.56. The van der Waals surface area contributed by atoms with Crippen LogP contribution in [0.1, 0.15) is 12.3 Å². The van der Waals surface area contributed by atoms with Crippen LogP contribution in [0.5, 0.6) is 0 Å². The molecule has 0 aliphatic rings. The van der Waals surface area contributed by atoms with E-state index in [2.05, 4.69) is 10.2 Å². The highest BCUT2D eigenvalue weighted by Crippen LogP contribution is 2.22. The SMILES string of the molecule is CSc1ccc(-c2nnc(CCCN)o2)cc1. The van der Waals surface area contributed by atoms with Crippen molar-refractivity contribution in [3.8, 4) is 11.5 Å². The number of rotatable bonds is 5. The molecule has 17 heavy (non-hydrogen) atoms. The van der Waals surface area contributed by atoms with Gasteiger partial charge >= 0.3 is 0 Å². The van der Waals surface area contributed by atoms with Crippen molar-refractivity contribution in [2.75, 3.05) is 12.8 Å². The van der Waals surface area contributed by atoms with E-state index in [0.29, 0.717) is 18.3 Å². The number of nitrogens with two attached hydrogens (primary N) is 1. The van der Waals surface area contributed by atoms with Crippen LogP contribution in [0, 0.1) is 0 Å². The summed E-state index contributed by atoms with van der Waals surface area (Å²) in [6.45, 7) is 0.639. The van der Waals surface area contributed by atoms with E-state index >= 15 is 0 Å². The molecule has 0 fully saturated rings. The molecule has 1 aromatic carbocycles. The third kappa shape index (κ3) is 3.08. The third-order valence-corrected chi connectivity index (χ3v) is 3.14. The Kier molecular flexibility index (Phi) is 4.17. The van der Waals surface area contributed by atoms with E-state index in [4.69, 9.17) is 10.2 Å². The van der Waals surface area contributed by atoms with Crippen molar-refractivity contribution in [2.24, 2.45) is 5.73 Å². The number of benzene rings is 1. The maximum absolute atomic E-state index is 5.56. The summed E-state index contributed by atoms with van der Waals surface area (Å²) in [5.74, 6) is 1.23. The summed E-state index contributed by atoms with van der Waals surface area (Å²) < 4.78 is 5.56. The largest absolute Gasteiger partial charge is 0.421 e. The van der Waals surface area contributed by atoms with Gasteiger partial charge < -0.3 is 10.2 Å². The van der Waals surface area contributed by atoms with Crippen LogP contribution in [0.15, 0.2) is 33.6 Å². The second-order valence-electron chi connectivity index (χ2n) is 3.62. The van der Waals surface area contributed by atoms with Gasteiger partial charge in [0.1, 0.15) is 0 Å². The minimum Gasteiger partial charge on any atom is -0.421 e. The molecule has 0 bridgehead atoms. The number of aromatic nitrogens is 2. The van der Waals surface area contributed by atoms with Gasteiger partial charge in [0.25, 0.3) is 0 Å². The molecule has 0 saturated carbocycles. The van der Waals surface area contributed by atoms with Crippen LogP contribution in [0.4, 0.5) is 0 Å². The third-order valence-electron chi connectivity index (χ3n) is 2.40. The average molecular weight is 249 g/mol. The molecule has 0 spiro atoms. The first-order chi connectivity index (χ1) is 8.33. The van der Waals surface area contributed by atoms with E-state index in [9.17, 15) is 0 Å². The molecule has 2 rings (SSSR count). The van der Waals surface area contributed by atoms with Crippen molar-refractivity contribution < 1.29 is 4.42 Å². The van der Waals surface area contributed by atoms with Gasteiger partial charge in [0.2, 0.25) is 11.8 Å². The number of hydrogen-bond acceptors (Lipinski definition) is 5. The predicted molar refractivity (Wildman–Crippen MR) is 68.9 cm³/mol. The molecule has 0 saturated heterocycles. The van der Waals surface area contributed by atoms with Crippen LogP contribution >= 0.6 is 11.8 Å². The quantitative estimate of drug-likeness (QED) is 0.824. The molecule has 2 aromatic rings. The van der Waals surface area contributed by atoms with Crippen LogP contribution in [0.2, 0.25) is 0 Å². The van der Waals surface area contributed by atoms with Crippen molar-refractivity contribution >= 4 is 11.8 Å². The van der Waals surface area contributed by atoms with Crippen molar-refractivity contribution in [2.45, 2.75) is 17.7 Å². The lowest BCUT2D eigenvalue weighted by atomic mass is 10.2. The van der Waals surface area contributed by atoms with E-state index < -0.39 is 0 Å². The average Bonchev–Trinajstić information content (AvgIpc) is 2.85. The standard InChI is InChI=1S/C12H15N3OS/c1-17-10-6-4-9(5-7-10)12-15-14-11(16-12)3-2-8-13/h4-7H,2-3,8,13H2,1H3. The van der Waals surface area contributed by atoms with Crippen LogP contribution in [-0.4, -0.2) is 23.0 Å². The molecule has 0 unspecified atom stereocenters.